The van der Waals surface area contributed by atoms with Gasteiger partial charge in [-0.2, -0.15) is 5.26 Å². The summed E-state index contributed by atoms with van der Waals surface area (Å²) in [5.74, 6) is 0. The second-order valence-corrected chi connectivity index (χ2v) is 3.76. The Balaban J connectivity index is 2.22. The molecule has 4 heteroatoms. The Kier molecular flexibility index (Phi) is 4.24. The van der Waals surface area contributed by atoms with Crippen LogP contribution in [-0.4, -0.2) is 30.6 Å². The van der Waals surface area contributed by atoms with Gasteiger partial charge in [-0.25, -0.2) is 4.79 Å². The van der Waals surface area contributed by atoms with Gasteiger partial charge in [0.2, 0.25) is 0 Å². The monoisotopic (exact) mass is 195 g/mol. The van der Waals surface area contributed by atoms with Gasteiger partial charge in [0.15, 0.2) is 0 Å². The molecule has 0 aliphatic heterocycles. The Morgan fingerprint density at radius 3 is 2.79 bits per heavy atom. The van der Waals surface area contributed by atoms with Gasteiger partial charge in [-0.1, -0.05) is 12.8 Å². The van der Waals surface area contributed by atoms with Crippen LogP contribution in [0.15, 0.2) is 0 Å². The summed E-state index contributed by atoms with van der Waals surface area (Å²) in [6.45, 7) is 0.509. The molecule has 0 heterocycles. The Morgan fingerprint density at radius 2 is 2.21 bits per heavy atom. The van der Waals surface area contributed by atoms with Crippen molar-refractivity contribution in [3.8, 4) is 6.07 Å². The number of rotatable bonds is 3. The number of nitrogens with zero attached hydrogens (tertiary/aromatic N) is 2. The summed E-state index contributed by atoms with van der Waals surface area (Å²) in [5, 5.41) is 11.3. The van der Waals surface area contributed by atoms with Gasteiger partial charge in [-0.05, 0) is 12.8 Å². The quantitative estimate of drug-likeness (QED) is 0.741. The average Bonchev–Trinajstić information content (AvgIpc) is 2.66. The lowest BCUT2D eigenvalue weighted by Gasteiger charge is -2.19. The summed E-state index contributed by atoms with van der Waals surface area (Å²) in [4.78, 5) is 13.1. The van der Waals surface area contributed by atoms with Crippen molar-refractivity contribution in [1.82, 2.24) is 10.2 Å². The maximum absolute atomic E-state index is 11.5. The highest BCUT2D eigenvalue weighted by molar-refractivity contribution is 5.74. The lowest BCUT2D eigenvalue weighted by Crippen LogP contribution is -2.42. The van der Waals surface area contributed by atoms with E-state index in [4.69, 9.17) is 5.26 Å². The first kappa shape index (κ1) is 10.8. The second kappa shape index (κ2) is 5.48. The van der Waals surface area contributed by atoms with Gasteiger partial charge in [0.25, 0.3) is 0 Å². The Hall–Kier alpha value is -1.24. The van der Waals surface area contributed by atoms with Gasteiger partial charge in [0.05, 0.1) is 12.5 Å². The molecule has 1 rings (SSSR count). The van der Waals surface area contributed by atoms with Crippen LogP contribution in [0.5, 0.6) is 0 Å². The number of carbonyl (C=O) groups excluding carboxylic acids is 1. The van der Waals surface area contributed by atoms with Gasteiger partial charge in [0.1, 0.15) is 0 Å². The standard InChI is InChI=1S/C10H17N3O/c1-13(8-4-7-11)10(14)12-9-5-2-3-6-9/h9H,2-6,8H2,1H3,(H,12,14). The lowest BCUT2D eigenvalue weighted by atomic mass is 10.2. The minimum absolute atomic E-state index is 0.0489. The van der Waals surface area contributed by atoms with Crippen molar-refractivity contribution in [3.05, 3.63) is 0 Å². The predicted octanol–water partition coefficient (Wildman–Crippen LogP) is 1.48. The fourth-order valence-corrected chi connectivity index (χ4v) is 1.67. The third-order valence-electron chi connectivity index (χ3n) is 2.59. The van der Waals surface area contributed by atoms with Crippen molar-refractivity contribution in [2.24, 2.45) is 0 Å². The zero-order valence-electron chi connectivity index (χ0n) is 8.62. The van der Waals surface area contributed by atoms with Crippen molar-refractivity contribution < 1.29 is 4.79 Å². The maximum Gasteiger partial charge on any atom is 0.317 e. The molecule has 1 aliphatic carbocycles. The summed E-state index contributed by atoms with van der Waals surface area (Å²) >= 11 is 0. The van der Waals surface area contributed by atoms with Gasteiger partial charge < -0.3 is 10.2 Å². The van der Waals surface area contributed by atoms with Crippen LogP contribution >= 0.6 is 0 Å². The molecule has 14 heavy (non-hydrogen) atoms. The fraction of sp³-hybridized carbons (Fsp3) is 0.800. The van der Waals surface area contributed by atoms with E-state index < -0.39 is 0 Å². The maximum atomic E-state index is 11.5. The number of urea groups is 1. The molecule has 0 aromatic heterocycles. The zero-order valence-corrected chi connectivity index (χ0v) is 8.62. The third-order valence-corrected chi connectivity index (χ3v) is 2.59. The van der Waals surface area contributed by atoms with E-state index in [-0.39, 0.29) is 6.03 Å². The molecule has 0 aromatic carbocycles. The summed E-state index contributed by atoms with van der Waals surface area (Å²) in [6.07, 6.45) is 5.02. The first-order chi connectivity index (χ1) is 6.74. The molecule has 0 spiro atoms. The van der Waals surface area contributed by atoms with Crippen LogP contribution in [-0.2, 0) is 0 Å². The molecule has 0 radical (unpaired) electrons. The third kappa shape index (κ3) is 3.25. The predicted molar refractivity (Wildman–Crippen MR) is 53.6 cm³/mol. The van der Waals surface area contributed by atoms with Crippen molar-refractivity contribution in [2.45, 2.75) is 38.1 Å². The molecule has 0 unspecified atom stereocenters. The van der Waals surface area contributed by atoms with Crippen LogP contribution in [0, 0.1) is 11.3 Å². The van der Waals surface area contributed by atoms with E-state index >= 15 is 0 Å². The van der Waals surface area contributed by atoms with E-state index in [1.54, 1.807) is 11.9 Å². The molecule has 4 nitrogen and oxygen atoms in total. The van der Waals surface area contributed by atoms with Gasteiger partial charge in [-0.15, -0.1) is 0 Å². The number of nitriles is 1. The number of nitrogens with one attached hydrogen (secondary N) is 1. The first-order valence-corrected chi connectivity index (χ1v) is 5.12. The van der Waals surface area contributed by atoms with Crippen LogP contribution in [0.2, 0.25) is 0 Å². The number of hydrogen-bond donors (Lipinski definition) is 1. The first-order valence-electron chi connectivity index (χ1n) is 5.12. The van der Waals surface area contributed by atoms with E-state index in [1.807, 2.05) is 6.07 Å². The highest BCUT2D eigenvalue weighted by atomic mass is 16.2. The number of amides is 2. The SMILES string of the molecule is CN(CCC#N)C(=O)NC1CCCC1. The largest absolute Gasteiger partial charge is 0.335 e. The Morgan fingerprint density at radius 1 is 1.57 bits per heavy atom. The molecule has 1 fully saturated rings. The molecule has 1 saturated carbocycles. The van der Waals surface area contributed by atoms with E-state index in [2.05, 4.69) is 5.32 Å². The summed E-state index contributed by atoms with van der Waals surface area (Å²) < 4.78 is 0. The molecule has 2 amide bonds. The highest BCUT2D eigenvalue weighted by Crippen LogP contribution is 2.17. The number of carbonyl (C=O) groups is 1. The molecule has 78 valence electrons. The normalized spacial score (nSPS) is 16.3. The van der Waals surface area contributed by atoms with Crippen molar-refractivity contribution in [3.63, 3.8) is 0 Å². The van der Waals surface area contributed by atoms with Crippen LogP contribution < -0.4 is 5.32 Å². The fourth-order valence-electron chi connectivity index (χ4n) is 1.67. The van der Waals surface area contributed by atoms with E-state index in [9.17, 15) is 4.79 Å². The van der Waals surface area contributed by atoms with Gasteiger partial charge >= 0.3 is 6.03 Å². The smallest absolute Gasteiger partial charge is 0.317 e. The van der Waals surface area contributed by atoms with Crippen molar-refractivity contribution >= 4 is 6.03 Å². The highest BCUT2D eigenvalue weighted by Gasteiger charge is 2.18. The van der Waals surface area contributed by atoms with Crippen molar-refractivity contribution in [1.29, 1.82) is 5.26 Å². The molecular formula is C10H17N3O. The molecule has 0 atom stereocenters. The van der Waals surface area contributed by atoms with Crippen LogP contribution in [0.25, 0.3) is 0 Å². The van der Waals surface area contributed by atoms with Crippen LogP contribution in [0.1, 0.15) is 32.1 Å². The van der Waals surface area contributed by atoms with Crippen LogP contribution in [0.3, 0.4) is 0 Å². The topological polar surface area (TPSA) is 56.1 Å². The molecule has 0 bridgehead atoms. The molecule has 0 saturated heterocycles. The lowest BCUT2D eigenvalue weighted by molar-refractivity contribution is 0.205. The van der Waals surface area contributed by atoms with E-state index in [0.29, 0.717) is 19.0 Å². The zero-order chi connectivity index (χ0) is 10.4. The second-order valence-electron chi connectivity index (χ2n) is 3.76. The molecule has 1 N–H and O–H groups in total. The average molecular weight is 195 g/mol. The minimum Gasteiger partial charge on any atom is -0.335 e. The Bertz CT molecular complexity index is 228. The van der Waals surface area contributed by atoms with E-state index in [0.717, 1.165) is 12.8 Å². The van der Waals surface area contributed by atoms with Crippen LogP contribution in [0.4, 0.5) is 4.79 Å². The number of hydrogen-bond acceptors (Lipinski definition) is 2. The van der Waals surface area contributed by atoms with Gasteiger partial charge in [0, 0.05) is 19.6 Å². The Labute approximate surface area is 84.9 Å². The minimum atomic E-state index is -0.0489. The molecule has 1 aliphatic rings. The molecule has 0 aromatic rings. The summed E-state index contributed by atoms with van der Waals surface area (Å²) in [7, 11) is 1.72. The summed E-state index contributed by atoms with van der Waals surface area (Å²) in [6, 6.07) is 2.33. The molecular weight excluding hydrogens is 178 g/mol. The summed E-state index contributed by atoms with van der Waals surface area (Å²) in [5.41, 5.74) is 0. The van der Waals surface area contributed by atoms with Crippen molar-refractivity contribution in [2.75, 3.05) is 13.6 Å². The van der Waals surface area contributed by atoms with Gasteiger partial charge in [-0.3, -0.25) is 0 Å². The van der Waals surface area contributed by atoms with E-state index in [1.165, 1.54) is 12.8 Å².